The predicted molar refractivity (Wildman–Crippen MR) is 72.8 cm³/mol. The zero-order chi connectivity index (χ0) is 13.0. The van der Waals surface area contributed by atoms with Gasteiger partial charge in [-0.25, -0.2) is 4.39 Å². The molecule has 2 aromatic rings. The van der Waals surface area contributed by atoms with Crippen LogP contribution in [0.5, 0.6) is 5.75 Å². The molecule has 2 aromatic carbocycles. The van der Waals surface area contributed by atoms with Gasteiger partial charge in [-0.2, -0.15) is 0 Å². The Hall–Kier alpha value is -1.39. The lowest BCUT2D eigenvalue weighted by atomic mass is 10.2. The van der Waals surface area contributed by atoms with Gasteiger partial charge >= 0.3 is 0 Å². The van der Waals surface area contributed by atoms with Crippen molar-refractivity contribution in [2.24, 2.45) is 0 Å². The lowest BCUT2D eigenvalue weighted by molar-refractivity contribution is 0.461. The first-order valence-corrected chi connectivity index (χ1v) is 6.37. The predicted octanol–water partition coefficient (Wildman–Crippen LogP) is 3.58. The minimum Gasteiger partial charge on any atom is -0.508 e. The van der Waals surface area contributed by atoms with Gasteiger partial charge in [0.25, 0.3) is 0 Å². The summed E-state index contributed by atoms with van der Waals surface area (Å²) >= 11 is 3.46. The number of halogens is 2. The molecular weight excluding hydrogens is 297 g/mol. The van der Waals surface area contributed by atoms with Crippen LogP contribution in [0.15, 0.2) is 46.9 Å². The quantitative estimate of drug-likeness (QED) is 0.904. The highest BCUT2D eigenvalue weighted by atomic mass is 79.9. The van der Waals surface area contributed by atoms with Crippen LogP contribution in [0.3, 0.4) is 0 Å². The van der Waals surface area contributed by atoms with Gasteiger partial charge in [0.1, 0.15) is 11.6 Å². The highest BCUT2D eigenvalue weighted by molar-refractivity contribution is 9.10. The summed E-state index contributed by atoms with van der Waals surface area (Å²) in [5.41, 5.74) is 1.68. The maximum Gasteiger partial charge on any atom is 0.123 e. The molecule has 94 valence electrons. The second-order valence-electron chi connectivity index (χ2n) is 3.97. The van der Waals surface area contributed by atoms with Crippen LogP contribution < -0.4 is 5.32 Å². The van der Waals surface area contributed by atoms with Crippen molar-refractivity contribution in [3.63, 3.8) is 0 Å². The molecule has 0 aromatic heterocycles. The number of nitrogens with one attached hydrogen (secondary N) is 1. The Bertz CT molecular complexity index is 545. The Morgan fingerprint density at radius 1 is 1.06 bits per heavy atom. The fourth-order valence-corrected chi connectivity index (χ4v) is 2.09. The van der Waals surface area contributed by atoms with Gasteiger partial charge in [0.15, 0.2) is 0 Å². The van der Waals surface area contributed by atoms with Crippen LogP contribution in [0, 0.1) is 5.82 Å². The first kappa shape index (κ1) is 13.1. The molecule has 2 N–H and O–H groups in total. The summed E-state index contributed by atoms with van der Waals surface area (Å²) in [4.78, 5) is 0. The van der Waals surface area contributed by atoms with Crippen LogP contribution in [0.1, 0.15) is 11.1 Å². The standard InChI is InChI=1S/C14H13BrFNO/c15-13-4-2-1-3-10(13)8-17-9-11-7-12(16)5-6-14(11)18/h1-7,17-18H,8-9H2. The number of phenolic OH excluding ortho intramolecular Hbond substituents is 1. The normalized spacial score (nSPS) is 10.6. The number of hydrogen-bond donors (Lipinski definition) is 2. The lowest BCUT2D eigenvalue weighted by Crippen LogP contribution is -2.13. The third kappa shape index (κ3) is 3.31. The van der Waals surface area contributed by atoms with E-state index in [9.17, 15) is 9.50 Å². The van der Waals surface area contributed by atoms with E-state index in [0.29, 0.717) is 18.7 Å². The van der Waals surface area contributed by atoms with Crippen LogP contribution in [0.25, 0.3) is 0 Å². The summed E-state index contributed by atoms with van der Waals surface area (Å²) in [6, 6.07) is 11.8. The van der Waals surface area contributed by atoms with Crippen molar-refractivity contribution in [2.75, 3.05) is 0 Å². The molecule has 0 saturated carbocycles. The molecule has 0 amide bonds. The minimum atomic E-state index is -0.342. The number of hydrogen-bond acceptors (Lipinski definition) is 2. The molecule has 0 spiro atoms. The van der Waals surface area contributed by atoms with Gasteiger partial charge in [0.2, 0.25) is 0 Å². The van der Waals surface area contributed by atoms with Crippen molar-refractivity contribution in [2.45, 2.75) is 13.1 Å². The van der Waals surface area contributed by atoms with Crippen molar-refractivity contribution < 1.29 is 9.50 Å². The molecule has 0 fully saturated rings. The van der Waals surface area contributed by atoms with Crippen molar-refractivity contribution in [1.29, 1.82) is 0 Å². The number of benzene rings is 2. The SMILES string of the molecule is Oc1ccc(F)cc1CNCc1ccccc1Br. The first-order valence-electron chi connectivity index (χ1n) is 5.58. The summed E-state index contributed by atoms with van der Waals surface area (Å²) in [5, 5.41) is 12.7. The van der Waals surface area contributed by atoms with Crippen LogP contribution in [-0.2, 0) is 13.1 Å². The maximum atomic E-state index is 13.0. The fraction of sp³-hybridized carbons (Fsp3) is 0.143. The van der Waals surface area contributed by atoms with E-state index in [-0.39, 0.29) is 11.6 Å². The number of phenols is 1. The van der Waals surface area contributed by atoms with E-state index in [2.05, 4.69) is 21.2 Å². The van der Waals surface area contributed by atoms with E-state index >= 15 is 0 Å². The molecule has 0 atom stereocenters. The molecule has 2 rings (SSSR count). The molecule has 0 radical (unpaired) electrons. The fourth-order valence-electron chi connectivity index (χ4n) is 1.67. The average Bonchev–Trinajstić information content (AvgIpc) is 2.36. The molecule has 18 heavy (non-hydrogen) atoms. The van der Waals surface area contributed by atoms with E-state index in [1.165, 1.54) is 18.2 Å². The lowest BCUT2D eigenvalue weighted by Gasteiger charge is -2.08. The van der Waals surface area contributed by atoms with Gasteiger partial charge in [0.05, 0.1) is 0 Å². The van der Waals surface area contributed by atoms with Crippen LogP contribution in [0.4, 0.5) is 4.39 Å². The summed E-state index contributed by atoms with van der Waals surface area (Å²) in [6.45, 7) is 1.07. The molecule has 0 saturated heterocycles. The number of rotatable bonds is 4. The van der Waals surface area contributed by atoms with Crippen LogP contribution in [-0.4, -0.2) is 5.11 Å². The topological polar surface area (TPSA) is 32.3 Å². The Labute approximate surface area is 114 Å². The average molecular weight is 310 g/mol. The highest BCUT2D eigenvalue weighted by Crippen LogP contribution is 2.19. The van der Waals surface area contributed by atoms with Crippen LogP contribution in [0.2, 0.25) is 0 Å². The van der Waals surface area contributed by atoms with Crippen molar-refractivity contribution in [3.8, 4) is 5.75 Å². The van der Waals surface area contributed by atoms with Crippen molar-refractivity contribution in [3.05, 3.63) is 63.9 Å². The Kier molecular flexibility index (Phi) is 4.33. The van der Waals surface area contributed by atoms with E-state index in [1.807, 2.05) is 24.3 Å². The van der Waals surface area contributed by atoms with Crippen molar-refractivity contribution >= 4 is 15.9 Å². The van der Waals surface area contributed by atoms with Gasteiger partial charge in [-0.1, -0.05) is 34.1 Å². The van der Waals surface area contributed by atoms with E-state index in [0.717, 1.165) is 10.0 Å². The molecule has 0 heterocycles. The molecule has 0 aliphatic carbocycles. The molecule has 0 bridgehead atoms. The first-order chi connectivity index (χ1) is 8.66. The van der Waals surface area contributed by atoms with E-state index < -0.39 is 0 Å². The van der Waals surface area contributed by atoms with Gasteiger partial charge in [-0.3, -0.25) is 0 Å². The summed E-state index contributed by atoms with van der Waals surface area (Å²) in [7, 11) is 0. The van der Waals surface area contributed by atoms with Gasteiger partial charge < -0.3 is 10.4 Å². The van der Waals surface area contributed by atoms with Gasteiger partial charge in [-0.15, -0.1) is 0 Å². The van der Waals surface area contributed by atoms with E-state index in [4.69, 9.17) is 0 Å². The Morgan fingerprint density at radius 3 is 2.56 bits per heavy atom. The minimum absolute atomic E-state index is 0.107. The second kappa shape index (κ2) is 5.98. The van der Waals surface area contributed by atoms with E-state index in [1.54, 1.807) is 0 Å². The third-order valence-corrected chi connectivity index (χ3v) is 3.40. The summed E-state index contributed by atoms with van der Waals surface area (Å²) in [6.07, 6.45) is 0. The van der Waals surface area contributed by atoms with Gasteiger partial charge in [0, 0.05) is 23.1 Å². The van der Waals surface area contributed by atoms with Crippen LogP contribution >= 0.6 is 15.9 Å². The zero-order valence-electron chi connectivity index (χ0n) is 9.66. The molecular formula is C14H13BrFNO. The maximum absolute atomic E-state index is 13.0. The Morgan fingerprint density at radius 2 is 1.78 bits per heavy atom. The molecule has 2 nitrogen and oxygen atoms in total. The molecule has 0 aliphatic rings. The highest BCUT2D eigenvalue weighted by Gasteiger charge is 2.03. The smallest absolute Gasteiger partial charge is 0.123 e. The molecule has 4 heteroatoms. The molecule has 0 unspecified atom stereocenters. The van der Waals surface area contributed by atoms with Gasteiger partial charge in [-0.05, 0) is 29.8 Å². The second-order valence-corrected chi connectivity index (χ2v) is 4.82. The monoisotopic (exact) mass is 309 g/mol. The summed E-state index contributed by atoms with van der Waals surface area (Å²) < 4.78 is 14.0. The zero-order valence-corrected chi connectivity index (χ0v) is 11.2. The number of aromatic hydroxyl groups is 1. The third-order valence-electron chi connectivity index (χ3n) is 2.63. The van der Waals surface area contributed by atoms with Crippen molar-refractivity contribution in [1.82, 2.24) is 5.32 Å². The Balaban J connectivity index is 1.96. The summed E-state index contributed by atoms with van der Waals surface area (Å²) in [5.74, 6) is -0.235. The molecule has 0 aliphatic heterocycles. The largest absolute Gasteiger partial charge is 0.508 e.